The average molecular weight is 261 g/mol. The maximum Gasteiger partial charge on any atom is 0.233 e. The number of imide groups is 1. The summed E-state index contributed by atoms with van der Waals surface area (Å²) in [7, 11) is 0. The Morgan fingerprint density at radius 1 is 1.05 bits per heavy atom. The van der Waals surface area contributed by atoms with Crippen LogP contribution in [0.3, 0.4) is 0 Å². The molecule has 2 fully saturated rings. The molecule has 3 rings (SSSR count). The monoisotopic (exact) mass is 261 g/mol. The second-order valence-corrected chi connectivity index (χ2v) is 5.35. The van der Waals surface area contributed by atoms with Crippen molar-refractivity contribution in [3.05, 3.63) is 35.9 Å². The van der Waals surface area contributed by atoms with E-state index in [1.165, 1.54) is 4.90 Å². The highest BCUT2D eigenvalue weighted by Gasteiger charge is 2.57. The minimum atomic E-state index is -1.88. The molecular formula is C14H15NO4. The molecule has 0 spiro atoms. The van der Waals surface area contributed by atoms with Gasteiger partial charge in [0.2, 0.25) is 11.8 Å². The molecule has 1 aliphatic carbocycles. The summed E-state index contributed by atoms with van der Waals surface area (Å²) < 4.78 is 0. The van der Waals surface area contributed by atoms with Crippen molar-refractivity contribution in [1.82, 2.24) is 4.90 Å². The number of amides is 2. The third-order valence-electron chi connectivity index (χ3n) is 3.93. The highest BCUT2D eigenvalue weighted by Crippen LogP contribution is 2.44. The fourth-order valence-electron chi connectivity index (χ4n) is 3.02. The van der Waals surface area contributed by atoms with Crippen molar-refractivity contribution in [2.75, 3.05) is 0 Å². The molecule has 2 N–H and O–H groups in total. The van der Waals surface area contributed by atoms with Crippen LogP contribution in [0, 0.1) is 11.8 Å². The topological polar surface area (TPSA) is 77.8 Å². The second-order valence-electron chi connectivity index (χ2n) is 5.35. The van der Waals surface area contributed by atoms with Gasteiger partial charge < -0.3 is 10.2 Å². The first-order valence-electron chi connectivity index (χ1n) is 6.32. The summed E-state index contributed by atoms with van der Waals surface area (Å²) in [5.41, 5.74) is 0.892. The van der Waals surface area contributed by atoms with Crippen molar-refractivity contribution >= 4 is 11.8 Å². The van der Waals surface area contributed by atoms with Crippen LogP contribution >= 0.6 is 0 Å². The lowest BCUT2D eigenvalue weighted by molar-refractivity contribution is -0.167. The van der Waals surface area contributed by atoms with Gasteiger partial charge in [-0.2, -0.15) is 0 Å². The van der Waals surface area contributed by atoms with E-state index in [9.17, 15) is 19.8 Å². The van der Waals surface area contributed by atoms with Crippen LogP contribution < -0.4 is 0 Å². The maximum atomic E-state index is 12.2. The predicted molar refractivity (Wildman–Crippen MR) is 65.4 cm³/mol. The predicted octanol–water partition coefficient (Wildman–Crippen LogP) is 0.262. The fourth-order valence-corrected chi connectivity index (χ4v) is 3.02. The Morgan fingerprint density at radius 2 is 1.58 bits per heavy atom. The Balaban J connectivity index is 1.80. The van der Waals surface area contributed by atoms with Crippen LogP contribution in [-0.2, 0) is 16.1 Å². The summed E-state index contributed by atoms with van der Waals surface area (Å²) >= 11 is 0. The molecule has 1 aliphatic heterocycles. The van der Waals surface area contributed by atoms with Crippen LogP contribution in [0.25, 0.3) is 0 Å². The lowest BCUT2D eigenvalue weighted by Crippen LogP contribution is -2.35. The third-order valence-corrected chi connectivity index (χ3v) is 3.93. The van der Waals surface area contributed by atoms with Crippen molar-refractivity contribution in [3.63, 3.8) is 0 Å². The number of carbonyl (C=O) groups excluding carboxylic acids is 2. The highest BCUT2D eigenvalue weighted by molar-refractivity contribution is 6.05. The first-order chi connectivity index (χ1) is 8.98. The van der Waals surface area contributed by atoms with Gasteiger partial charge in [-0.25, -0.2) is 0 Å². The largest absolute Gasteiger partial charge is 0.366 e. The maximum absolute atomic E-state index is 12.2. The molecule has 1 aromatic carbocycles. The Morgan fingerprint density at radius 3 is 2.11 bits per heavy atom. The molecule has 1 aromatic rings. The molecule has 100 valence electrons. The number of rotatable bonds is 2. The van der Waals surface area contributed by atoms with E-state index in [2.05, 4.69) is 0 Å². The zero-order valence-corrected chi connectivity index (χ0v) is 10.3. The van der Waals surface area contributed by atoms with Gasteiger partial charge in [-0.3, -0.25) is 14.5 Å². The number of nitrogens with zero attached hydrogens (tertiary/aromatic N) is 1. The normalized spacial score (nSPS) is 28.8. The Kier molecular flexibility index (Phi) is 2.69. The van der Waals surface area contributed by atoms with Crippen molar-refractivity contribution in [2.24, 2.45) is 11.8 Å². The van der Waals surface area contributed by atoms with E-state index in [0.717, 1.165) is 5.56 Å². The van der Waals surface area contributed by atoms with Crippen molar-refractivity contribution in [3.8, 4) is 0 Å². The van der Waals surface area contributed by atoms with E-state index in [1.807, 2.05) is 30.3 Å². The molecule has 1 heterocycles. The number of aliphatic hydroxyl groups is 2. The first-order valence-corrected chi connectivity index (χ1v) is 6.32. The van der Waals surface area contributed by atoms with Crippen LogP contribution in [0.2, 0.25) is 0 Å². The van der Waals surface area contributed by atoms with E-state index in [1.54, 1.807) is 0 Å². The van der Waals surface area contributed by atoms with Gasteiger partial charge in [0.25, 0.3) is 0 Å². The minimum Gasteiger partial charge on any atom is -0.366 e. The zero-order valence-electron chi connectivity index (χ0n) is 10.3. The van der Waals surface area contributed by atoms with Gasteiger partial charge in [-0.05, 0) is 5.56 Å². The van der Waals surface area contributed by atoms with E-state index >= 15 is 0 Å². The number of carbonyl (C=O) groups is 2. The van der Waals surface area contributed by atoms with Gasteiger partial charge >= 0.3 is 0 Å². The summed E-state index contributed by atoms with van der Waals surface area (Å²) in [4.78, 5) is 25.6. The molecule has 1 saturated carbocycles. The number of likely N-dealkylation sites (tertiary alicyclic amines) is 1. The van der Waals surface area contributed by atoms with Gasteiger partial charge in [0.15, 0.2) is 5.79 Å². The number of hydrogen-bond donors (Lipinski definition) is 2. The van der Waals surface area contributed by atoms with Gasteiger partial charge in [-0.1, -0.05) is 30.3 Å². The molecule has 5 heteroatoms. The molecule has 2 amide bonds. The molecule has 19 heavy (non-hydrogen) atoms. The van der Waals surface area contributed by atoms with Gasteiger partial charge in [0, 0.05) is 12.8 Å². The van der Waals surface area contributed by atoms with E-state index in [-0.39, 0.29) is 31.2 Å². The molecule has 5 nitrogen and oxygen atoms in total. The highest BCUT2D eigenvalue weighted by atomic mass is 16.5. The standard InChI is InChI=1S/C14H15NO4/c16-12-10-6-14(18,19)7-11(10)13(17)15(12)8-9-4-2-1-3-5-9/h1-5,10-11,18-19H,6-8H2/t10-,11+. The van der Waals surface area contributed by atoms with Crippen molar-refractivity contribution in [1.29, 1.82) is 0 Å². The van der Waals surface area contributed by atoms with Crippen molar-refractivity contribution in [2.45, 2.75) is 25.2 Å². The summed E-state index contributed by atoms with van der Waals surface area (Å²) in [6.45, 7) is 0.259. The van der Waals surface area contributed by atoms with Crippen LogP contribution in [0.5, 0.6) is 0 Å². The van der Waals surface area contributed by atoms with E-state index in [0.29, 0.717) is 0 Å². The van der Waals surface area contributed by atoms with Crippen LogP contribution in [0.15, 0.2) is 30.3 Å². The van der Waals surface area contributed by atoms with Crippen molar-refractivity contribution < 1.29 is 19.8 Å². The molecule has 0 radical (unpaired) electrons. The van der Waals surface area contributed by atoms with E-state index in [4.69, 9.17) is 0 Å². The Bertz CT molecular complexity index is 500. The van der Waals surface area contributed by atoms with E-state index < -0.39 is 17.6 Å². The first kappa shape index (κ1) is 12.3. The number of fused-ring (bicyclic) bond motifs is 1. The zero-order chi connectivity index (χ0) is 13.6. The SMILES string of the molecule is O=C1[C@H]2CC(O)(O)C[C@H]2C(=O)N1Cc1ccccc1. The minimum absolute atomic E-state index is 0.0481. The molecule has 2 atom stereocenters. The van der Waals surface area contributed by atoms with Crippen LogP contribution in [0.1, 0.15) is 18.4 Å². The molecular weight excluding hydrogens is 246 g/mol. The lowest BCUT2D eigenvalue weighted by Gasteiger charge is -2.20. The summed E-state index contributed by atoms with van der Waals surface area (Å²) in [5.74, 6) is -3.61. The third kappa shape index (κ3) is 2.05. The summed E-state index contributed by atoms with van der Waals surface area (Å²) in [6.07, 6.45) is -0.0962. The molecule has 2 aliphatic rings. The Hall–Kier alpha value is -1.72. The molecule has 1 saturated heterocycles. The fraction of sp³-hybridized carbons (Fsp3) is 0.429. The summed E-state index contributed by atoms with van der Waals surface area (Å²) in [6, 6.07) is 9.30. The van der Waals surface area contributed by atoms with Gasteiger partial charge in [0.1, 0.15) is 0 Å². The van der Waals surface area contributed by atoms with Crippen LogP contribution in [0.4, 0.5) is 0 Å². The molecule has 0 aromatic heterocycles. The lowest BCUT2D eigenvalue weighted by atomic mass is 10.00. The quantitative estimate of drug-likeness (QED) is 0.591. The van der Waals surface area contributed by atoms with Gasteiger partial charge in [-0.15, -0.1) is 0 Å². The second kappa shape index (κ2) is 4.15. The molecule has 0 bridgehead atoms. The smallest absolute Gasteiger partial charge is 0.233 e. The number of hydrogen-bond acceptors (Lipinski definition) is 4. The molecule has 0 unspecified atom stereocenters. The average Bonchev–Trinajstić information content (AvgIpc) is 2.80. The number of benzene rings is 1. The van der Waals surface area contributed by atoms with Crippen LogP contribution in [-0.4, -0.2) is 32.7 Å². The summed E-state index contributed by atoms with van der Waals surface area (Å²) in [5, 5.41) is 19.1. The van der Waals surface area contributed by atoms with Gasteiger partial charge in [0.05, 0.1) is 18.4 Å². The Labute approximate surface area is 110 Å².